The molecule has 0 saturated carbocycles. The molecular weight excluding hydrogens is 228 g/mol. The van der Waals surface area contributed by atoms with Crippen LogP contribution in [-0.2, 0) is 4.74 Å². The predicted molar refractivity (Wildman–Crippen MR) is 69.4 cm³/mol. The summed E-state index contributed by atoms with van der Waals surface area (Å²) < 4.78 is 5.93. The Hall–Kier alpha value is -1.20. The third kappa shape index (κ3) is 2.47. The van der Waals surface area contributed by atoms with Gasteiger partial charge in [-0.15, -0.1) is 0 Å². The van der Waals surface area contributed by atoms with Gasteiger partial charge in [0.15, 0.2) is 0 Å². The summed E-state index contributed by atoms with van der Waals surface area (Å²) >= 11 is 0. The van der Waals surface area contributed by atoms with Gasteiger partial charge in [0, 0.05) is 31.4 Å². The molecule has 2 fully saturated rings. The first kappa shape index (κ1) is 11.9. The lowest BCUT2D eigenvalue weighted by molar-refractivity contribution is 0.0969. The largest absolute Gasteiger partial charge is 0.376 e. The van der Waals surface area contributed by atoms with Crippen LogP contribution in [0.3, 0.4) is 0 Å². The van der Waals surface area contributed by atoms with Crippen molar-refractivity contribution in [1.82, 2.24) is 14.9 Å². The van der Waals surface area contributed by atoms with Gasteiger partial charge in [0.1, 0.15) is 0 Å². The molecule has 0 radical (unpaired) electrons. The van der Waals surface area contributed by atoms with Crippen molar-refractivity contribution in [2.75, 3.05) is 38.6 Å². The number of ether oxygens (including phenoxy) is 1. The fraction of sp³-hybridized carbons (Fsp3) is 0.692. The maximum Gasteiger partial charge on any atom is 0.222 e. The zero-order chi connectivity index (χ0) is 12.4. The van der Waals surface area contributed by atoms with Crippen molar-refractivity contribution in [3.8, 4) is 0 Å². The number of rotatable bonds is 3. The van der Waals surface area contributed by atoms with E-state index in [4.69, 9.17) is 4.74 Å². The first-order valence-corrected chi connectivity index (χ1v) is 6.64. The molecule has 0 spiro atoms. The van der Waals surface area contributed by atoms with Crippen molar-refractivity contribution < 1.29 is 4.74 Å². The molecule has 5 heteroatoms. The Bertz CT molecular complexity index is 386. The van der Waals surface area contributed by atoms with Crippen molar-refractivity contribution in [2.45, 2.75) is 12.5 Å². The Morgan fingerprint density at radius 2 is 2.28 bits per heavy atom. The number of hydrogen-bond acceptors (Lipinski definition) is 5. The number of piperidine rings is 1. The van der Waals surface area contributed by atoms with E-state index < -0.39 is 0 Å². The van der Waals surface area contributed by atoms with Crippen LogP contribution in [0.2, 0.25) is 0 Å². The second kappa shape index (κ2) is 5.20. The fourth-order valence-electron chi connectivity index (χ4n) is 3.06. The van der Waals surface area contributed by atoms with Crippen molar-refractivity contribution in [3.63, 3.8) is 0 Å². The quantitative estimate of drug-likeness (QED) is 0.859. The number of hydrogen-bond donors (Lipinski definition) is 1. The Kier molecular flexibility index (Phi) is 3.43. The minimum atomic E-state index is 0.313. The number of anilines is 1. The zero-order valence-electron chi connectivity index (χ0n) is 10.7. The SMILES string of the molecule is CN1CC[C@H]2[C@H](CO[C@H]2CNc2ncccn2)C1. The van der Waals surface area contributed by atoms with Gasteiger partial charge in [-0.3, -0.25) is 0 Å². The van der Waals surface area contributed by atoms with Crippen LogP contribution in [0.4, 0.5) is 5.95 Å². The van der Waals surface area contributed by atoms with E-state index in [0.29, 0.717) is 23.9 Å². The van der Waals surface area contributed by atoms with Gasteiger partial charge in [-0.25, -0.2) is 9.97 Å². The smallest absolute Gasteiger partial charge is 0.222 e. The number of likely N-dealkylation sites (tertiary alicyclic amines) is 1. The highest BCUT2D eigenvalue weighted by atomic mass is 16.5. The van der Waals surface area contributed by atoms with E-state index in [1.165, 1.54) is 19.5 Å². The summed E-state index contributed by atoms with van der Waals surface area (Å²) in [6.07, 6.45) is 5.06. The monoisotopic (exact) mass is 248 g/mol. The van der Waals surface area contributed by atoms with E-state index in [9.17, 15) is 0 Å². The van der Waals surface area contributed by atoms with E-state index in [1.54, 1.807) is 12.4 Å². The topological polar surface area (TPSA) is 50.3 Å². The molecule has 0 aromatic carbocycles. The van der Waals surface area contributed by atoms with E-state index in [0.717, 1.165) is 13.2 Å². The van der Waals surface area contributed by atoms with E-state index >= 15 is 0 Å². The van der Waals surface area contributed by atoms with Gasteiger partial charge in [0.05, 0.1) is 12.7 Å². The van der Waals surface area contributed by atoms with Crippen LogP contribution < -0.4 is 5.32 Å². The highest BCUT2D eigenvalue weighted by Gasteiger charge is 2.39. The molecule has 3 rings (SSSR count). The molecular formula is C13H20N4O. The summed E-state index contributed by atoms with van der Waals surface area (Å²) in [4.78, 5) is 10.7. The number of fused-ring (bicyclic) bond motifs is 1. The molecule has 1 N–H and O–H groups in total. The maximum atomic E-state index is 5.93. The van der Waals surface area contributed by atoms with E-state index in [2.05, 4.69) is 27.2 Å². The molecule has 0 amide bonds. The van der Waals surface area contributed by atoms with Crippen molar-refractivity contribution in [2.24, 2.45) is 11.8 Å². The Labute approximate surface area is 108 Å². The molecule has 2 aliphatic rings. The summed E-state index contributed by atoms with van der Waals surface area (Å²) in [5, 5.41) is 3.27. The molecule has 98 valence electrons. The minimum Gasteiger partial charge on any atom is -0.376 e. The highest BCUT2D eigenvalue weighted by molar-refractivity contribution is 5.22. The van der Waals surface area contributed by atoms with Crippen LogP contribution in [0.1, 0.15) is 6.42 Å². The van der Waals surface area contributed by atoms with Crippen LogP contribution >= 0.6 is 0 Å². The normalized spacial score (nSPS) is 32.2. The lowest BCUT2D eigenvalue weighted by Gasteiger charge is -2.33. The third-order valence-electron chi connectivity index (χ3n) is 4.02. The average Bonchev–Trinajstić information content (AvgIpc) is 2.80. The molecule has 3 heterocycles. The molecule has 0 bridgehead atoms. The predicted octanol–water partition coefficient (Wildman–Crippen LogP) is 0.855. The molecule has 2 saturated heterocycles. The van der Waals surface area contributed by atoms with Gasteiger partial charge in [-0.05, 0) is 32.0 Å². The molecule has 5 nitrogen and oxygen atoms in total. The summed E-state index contributed by atoms with van der Waals surface area (Å²) in [6, 6.07) is 1.82. The van der Waals surface area contributed by atoms with Gasteiger partial charge >= 0.3 is 0 Å². The average molecular weight is 248 g/mol. The number of nitrogens with zero attached hydrogens (tertiary/aromatic N) is 3. The second-order valence-corrected chi connectivity index (χ2v) is 5.30. The molecule has 18 heavy (non-hydrogen) atoms. The van der Waals surface area contributed by atoms with Gasteiger partial charge < -0.3 is 15.0 Å². The summed E-state index contributed by atoms with van der Waals surface area (Å²) in [5.41, 5.74) is 0. The van der Waals surface area contributed by atoms with Crippen LogP contribution in [0, 0.1) is 11.8 Å². The molecule has 0 unspecified atom stereocenters. The van der Waals surface area contributed by atoms with Crippen LogP contribution in [-0.4, -0.2) is 54.3 Å². The molecule has 1 aromatic rings. The summed E-state index contributed by atoms with van der Waals surface area (Å²) in [7, 11) is 2.19. The summed E-state index contributed by atoms with van der Waals surface area (Å²) in [6.45, 7) is 4.07. The van der Waals surface area contributed by atoms with Gasteiger partial charge in [-0.2, -0.15) is 0 Å². The summed E-state index contributed by atoms with van der Waals surface area (Å²) in [5.74, 6) is 2.09. The van der Waals surface area contributed by atoms with Gasteiger partial charge in [0.2, 0.25) is 5.95 Å². The van der Waals surface area contributed by atoms with Crippen molar-refractivity contribution in [3.05, 3.63) is 18.5 Å². The highest BCUT2D eigenvalue weighted by Crippen LogP contribution is 2.33. The number of aromatic nitrogens is 2. The Balaban J connectivity index is 1.55. The van der Waals surface area contributed by atoms with Gasteiger partial charge in [-0.1, -0.05) is 0 Å². The second-order valence-electron chi connectivity index (χ2n) is 5.30. The minimum absolute atomic E-state index is 0.313. The van der Waals surface area contributed by atoms with Crippen molar-refractivity contribution >= 4 is 5.95 Å². The van der Waals surface area contributed by atoms with E-state index in [-0.39, 0.29) is 0 Å². The lowest BCUT2D eigenvalue weighted by atomic mass is 9.84. The maximum absolute atomic E-state index is 5.93. The molecule has 2 aliphatic heterocycles. The van der Waals surface area contributed by atoms with Crippen LogP contribution in [0.25, 0.3) is 0 Å². The molecule has 0 aliphatic carbocycles. The van der Waals surface area contributed by atoms with Crippen LogP contribution in [0.5, 0.6) is 0 Å². The van der Waals surface area contributed by atoms with Gasteiger partial charge in [0.25, 0.3) is 0 Å². The molecule has 1 aromatic heterocycles. The fourth-order valence-corrected chi connectivity index (χ4v) is 3.06. The zero-order valence-corrected chi connectivity index (χ0v) is 10.7. The van der Waals surface area contributed by atoms with Crippen molar-refractivity contribution in [1.29, 1.82) is 0 Å². The van der Waals surface area contributed by atoms with Crippen LogP contribution in [0.15, 0.2) is 18.5 Å². The standard InChI is InChI=1S/C13H20N4O/c1-17-6-3-11-10(8-17)9-18-12(11)7-16-13-14-4-2-5-15-13/h2,4-5,10-12H,3,6-9H2,1H3,(H,14,15,16)/t10-,11-,12-/m0/s1. The lowest BCUT2D eigenvalue weighted by Crippen LogP contribution is -2.40. The number of nitrogens with one attached hydrogen (secondary N) is 1. The molecule has 3 atom stereocenters. The first-order valence-electron chi connectivity index (χ1n) is 6.64. The first-order chi connectivity index (χ1) is 8.83. The van der Waals surface area contributed by atoms with E-state index in [1.807, 2.05) is 6.07 Å². The Morgan fingerprint density at radius 1 is 1.44 bits per heavy atom. The third-order valence-corrected chi connectivity index (χ3v) is 4.02. The Morgan fingerprint density at radius 3 is 3.11 bits per heavy atom.